The quantitative estimate of drug-likeness (QED) is 0.631. The van der Waals surface area contributed by atoms with Crippen LogP contribution in [0.25, 0.3) is 16.8 Å². The summed E-state index contributed by atoms with van der Waals surface area (Å²) in [6, 6.07) is 10.3. The third kappa shape index (κ3) is 4.14. The molecule has 30 heavy (non-hydrogen) atoms. The molecule has 5 rings (SSSR count). The second-order valence-electron chi connectivity index (χ2n) is 8.10. The number of hydrogen-bond donors (Lipinski definition) is 0. The molecule has 2 aliphatic rings. The summed E-state index contributed by atoms with van der Waals surface area (Å²) in [5.41, 5.74) is 5.00. The highest BCUT2D eigenvalue weighted by atomic mass is 15.2. The molecule has 2 aliphatic heterocycles. The van der Waals surface area contributed by atoms with E-state index in [-0.39, 0.29) is 0 Å². The molecule has 1 saturated heterocycles. The lowest BCUT2D eigenvalue weighted by molar-refractivity contribution is 0.216. The summed E-state index contributed by atoms with van der Waals surface area (Å²) < 4.78 is 1.85. The number of piperidine rings is 1. The van der Waals surface area contributed by atoms with Crippen molar-refractivity contribution in [1.29, 1.82) is 0 Å². The Hall–Kier alpha value is -2.99. The monoisotopic (exact) mass is 400 g/mol. The van der Waals surface area contributed by atoms with Gasteiger partial charge < -0.3 is 9.80 Å². The van der Waals surface area contributed by atoms with E-state index in [9.17, 15) is 0 Å². The highest BCUT2D eigenvalue weighted by molar-refractivity contribution is 6.08. The van der Waals surface area contributed by atoms with Crippen LogP contribution in [0.1, 0.15) is 31.2 Å². The normalized spacial score (nSPS) is 17.5. The molecule has 0 amide bonds. The van der Waals surface area contributed by atoms with E-state index in [0.717, 1.165) is 34.6 Å². The molecule has 4 heterocycles. The van der Waals surface area contributed by atoms with Crippen molar-refractivity contribution in [2.24, 2.45) is 4.99 Å². The van der Waals surface area contributed by atoms with E-state index in [1.54, 1.807) is 0 Å². The van der Waals surface area contributed by atoms with E-state index in [2.05, 4.69) is 44.3 Å². The maximum atomic E-state index is 4.78. The van der Waals surface area contributed by atoms with Gasteiger partial charge in [-0.2, -0.15) is 5.10 Å². The minimum atomic E-state index is 0.707. The fourth-order valence-corrected chi connectivity index (χ4v) is 4.28. The fraction of sp³-hybridized carbons (Fsp3) is 0.375. The third-order valence-corrected chi connectivity index (χ3v) is 5.97. The first kappa shape index (κ1) is 19.0. The lowest BCUT2D eigenvalue weighted by Gasteiger charge is -2.28. The second kappa shape index (κ2) is 8.79. The zero-order valence-corrected chi connectivity index (χ0v) is 17.3. The lowest BCUT2D eigenvalue weighted by Crippen LogP contribution is -2.33. The van der Waals surface area contributed by atoms with Crippen molar-refractivity contribution < 1.29 is 0 Å². The summed E-state index contributed by atoms with van der Waals surface area (Å²) in [4.78, 5) is 14.3. The largest absolute Gasteiger partial charge is 0.358 e. The van der Waals surface area contributed by atoms with E-state index >= 15 is 0 Å². The minimum absolute atomic E-state index is 0.707. The smallest absolute Gasteiger partial charge is 0.162 e. The average Bonchev–Trinajstić information content (AvgIpc) is 3.24. The van der Waals surface area contributed by atoms with Crippen LogP contribution in [0, 0.1) is 0 Å². The summed E-state index contributed by atoms with van der Waals surface area (Å²) in [7, 11) is 0. The Labute approximate surface area is 177 Å². The average molecular weight is 401 g/mol. The predicted octanol–water partition coefficient (Wildman–Crippen LogP) is 3.85. The van der Waals surface area contributed by atoms with Crippen LogP contribution in [0.2, 0.25) is 0 Å². The van der Waals surface area contributed by atoms with Gasteiger partial charge in [-0.1, -0.05) is 36.8 Å². The van der Waals surface area contributed by atoms with E-state index in [1.807, 2.05) is 41.3 Å². The zero-order valence-electron chi connectivity index (χ0n) is 17.3. The van der Waals surface area contributed by atoms with E-state index in [4.69, 9.17) is 4.99 Å². The predicted molar refractivity (Wildman–Crippen MR) is 121 cm³/mol. The third-order valence-electron chi connectivity index (χ3n) is 5.97. The molecule has 0 bridgehead atoms. The van der Waals surface area contributed by atoms with E-state index < -0.39 is 0 Å². The van der Waals surface area contributed by atoms with Gasteiger partial charge in [-0.25, -0.2) is 9.50 Å². The van der Waals surface area contributed by atoms with Crippen LogP contribution < -0.4 is 0 Å². The first-order valence-corrected chi connectivity index (χ1v) is 10.9. The van der Waals surface area contributed by atoms with Crippen LogP contribution in [-0.2, 0) is 0 Å². The molecule has 3 aromatic rings. The van der Waals surface area contributed by atoms with Gasteiger partial charge in [0.1, 0.15) is 6.67 Å². The van der Waals surface area contributed by atoms with E-state index in [1.165, 1.54) is 45.3 Å². The van der Waals surface area contributed by atoms with Crippen LogP contribution in [0.3, 0.4) is 0 Å². The molecule has 0 unspecified atom stereocenters. The Kier molecular flexibility index (Phi) is 5.57. The first-order chi connectivity index (χ1) is 14.9. The molecular weight excluding hydrogens is 372 g/mol. The topological polar surface area (TPSA) is 49.0 Å². The Morgan fingerprint density at radius 3 is 2.57 bits per heavy atom. The Balaban J connectivity index is 1.21. The van der Waals surface area contributed by atoms with Gasteiger partial charge in [0.15, 0.2) is 5.65 Å². The molecule has 0 N–H and O–H groups in total. The Bertz CT molecular complexity index is 1050. The number of rotatable bonds is 6. The summed E-state index contributed by atoms with van der Waals surface area (Å²) in [5.74, 6) is 0. The van der Waals surface area contributed by atoms with Gasteiger partial charge in [0.2, 0.25) is 0 Å². The molecule has 2 aromatic heterocycles. The Morgan fingerprint density at radius 2 is 1.77 bits per heavy atom. The molecule has 6 nitrogen and oxygen atoms in total. The van der Waals surface area contributed by atoms with Crippen molar-refractivity contribution in [1.82, 2.24) is 24.4 Å². The standard InChI is InChI=1S/C24H28N6/c1-3-8-20(9-4-1)22-17-27-30-18-21(16-25-24(22)30)23-10-15-29(19-26-23)14-7-13-28-11-5-2-6-12-28/h1,3-4,8-10,15-18H,2,5-7,11-14,19H2. The number of hydrogen-bond acceptors (Lipinski definition) is 5. The molecular formula is C24H28N6. The van der Waals surface area contributed by atoms with E-state index in [0.29, 0.717) is 6.67 Å². The number of fused-ring (bicyclic) bond motifs is 1. The number of aliphatic imine (C=N–C) groups is 1. The zero-order chi connectivity index (χ0) is 20.2. The van der Waals surface area contributed by atoms with Crippen LogP contribution in [-0.4, -0.2) is 63.0 Å². The van der Waals surface area contributed by atoms with Gasteiger partial charge >= 0.3 is 0 Å². The van der Waals surface area contributed by atoms with Gasteiger partial charge in [0.05, 0.1) is 11.9 Å². The molecule has 0 radical (unpaired) electrons. The molecule has 1 aromatic carbocycles. The molecule has 154 valence electrons. The van der Waals surface area contributed by atoms with Crippen LogP contribution in [0.15, 0.2) is 66.2 Å². The molecule has 0 spiro atoms. The van der Waals surface area contributed by atoms with Crippen molar-refractivity contribution in [3.05, 3.63) is 66.8 Å². The second-order valence-corrected chi connectivity index (χ2v) is 8.10. The van der Waals surface area contributed by atoms with Crippen LogP contribution in [0.5, 0.6) is 0 Å². The van der Waals surface area contributed by atoms with Gasteiger partial charge in [0.25, 0.3) is 0 Å². The maximum Gasteiger partial charge on any atom is 0.162 e. The van der Waals surface area contributed by atoms with Crippen molar-refractivity contribution >= 4 is 11.4 Å². The maximum absolute atomic E-state index is 4.78. The number of nitrogens with zero attached hydrogens (tertiary/aromatic N) is 6. The molecule has 6 heteroatoms. The molecule has 1 fully saturated rings. The van der Waals surface area contributed by atoms with Crippen molar-refractivity contribution in [3.8, 4) is 11.1 Å². The summed E-state index contributed by atoms with van der Waals surface area (Å²) in [6.45, 7) is 5.50. The number of allylic oxidation sites excluding steroid dienone is 1. The Morgan fingerprint density at radius 1 is 0.900 bits per heavy atom. The molecule has 0 saturated carbocycles. The van der Waals surface area contributed by atoms with Crippen LogP contribution in [0.4, 0.5) is 0 Å². The van der Waals surface area contributed by atoms with Crippen molar-refractivity contribution in [2.75, 3.05) is 32.8 Å². The highest BCUT2D eigenvalue weighted by Crippen LogP contribution is 2.23. The van der Waals surface area contributed by atoms with Gasteiger partial charge in [-0.05, 0) is 50.5 Å². The lowest BCUT2D eigenvalue weighted by atomic mass is 10.1. The molecule has 0 aliphatic carbocycles. The SMILES string of the molecule is C1=CN(CCCN2CCCCC2)CN=C1c1cnc2c(-c3ccccc3)cnn2c1. The summed E-state index contributed by atoms with van der Waals surface area (Å²) >= 11 is 0. The number of aromatic nitrogens is 3. The van der Waals surface area contributed by atoms with Crippen LogP contribution >= 0.6 is 0 Å². The number of benzene rings is 1. The van der Waals surface area contributed by atoms with Gasteiger partial charge in [-0.3, -0.25) is 4.99 Å². The van der Waals surface area contributed by atoms with Gasteiger partial charge in [0, 0.05) is 36.3 Å². The fourth-order valence-electron chi connectivity index (χ4n) is 4.28. The minimum Gasteiger partial charge on any atom is -0.358 e. The first-order valence-electron chi connectivity index (χ1n) is 10.9. The van der Waals surface area contributed by atoms with Gasteiger partial charge in [-0.15, -0.1) is 0 Å². The van der Waals surface area contributed by atoms with Crippen molar-refractivity contribution in [3.63, 3.8) is 0 Å². The van der Waals surface area contributed by atoms with Crippen molar-refractivity contribution in [2.45, 2.75) is 25.7 Å². The summed E-state index contributed by atoms with van der Waals surface area (Å²) in [6.07, 6.45) is 15.4. The molecule has 0 atom stereocenters. The highest BCUT2D eigenvalue weighted by Gasteiger charge is 2.13. The number of likely N-dealkylation sites (tertiary alicyclic amines) is 1. The summed E-state index contributed by atoms with van der Waals surface area (Å²) in [5, 5.41) is 4.51.